The van der Waals surface area contributed by atoms with Crippen LogP contribution in [0.3, 0.4) is 0 Å². The molecule has 0 radical (unpaired) electrons. The maximum absolute atomic E-state index is 12.0. The van der Waals surface area contributed by atoms with E-state index in [0.29, 0.717) is 11.8 Å². The molecule has 1 unspecified atom stereocenters. The third kappa shape index (κ3) is 3.10. The van der Waals surface area contributed by atoms with Crippen molar-refractivity contribution >= 4 is 17.7 Å². The van der Waals surface area contributed by atoms with Crippen LogP contribution in [-0.4, -0.2) is 61.0 Å². The summed E-state index contributed by atoms with van der Waals surface area (Å²) in [5.41, 5.74) is 2.87. The molecular weight excluding hydrogens is 296 g/mol. The molecule has 1 fully saturated rings. The van der Waals surface area contributed by atoms with Gasteiger partial charge in [-0.15, -0.1) is 0 Å². The number of methoxy groups -OCH3 is 1. The third-order valence-corrected chi connectivity index (χ3v) is 5.31. The zero-order valence-electron chi connectivity index (χ0n) is 13.4. The lowest BCUT2D eigenvalue weighted by atomic mass is 10.1. The fourth-order valence-corrected chi connectivity index (χ4v) is 3.99. The summed E-state index contributed by atoms with van der Waals surface area (Å²) in [6.07, 6.45) is 4.31. The number of carbonyl (C=O) groups excluding carboxylic acids is 1. The van der Waals surface area contributed by atoms with E-state index in [-0.39, 0.29) is 5.91 Å². The Morgan fingerprint density at radius 3 is 2.77 bits per heavy atom. The number of hydrogen-bond acceptors (Lipinski definition) is 4. The van der Waals surface area contributed by atoms with E-state index in [9.17, 15) is 4.79 Å². The van der Waals surface area contributed by atoms with Crippen molar-refractivity contribution in [1.29, 1.82) is 0 Å². The number of benzene rings is 1. The van der Waals surface area contributed by atoms with E-state index in [4.69, 9.17) is 4.74 Å². The molecule has 1 aliphatic carbocycles. The van der Waals surface area contributed by atoms with Gasteiger partial charge in [-0.3, -0.25) is 9.69 Å². The Hall–Kier alpha value is -1.20. The SMILES string of the molecule is COc1ccc2c(c1)C(N1CCN(C(=O)CSC)CC1)CC2. The third-order valence-electron chi connectivity index (χ3n) is 4.77. The van der Waals surface area contributed by atoms with Gasteiger partial charge in [0.05, 0.1) is 12.9 Å². The number of carbonyl (C=O) groups is 1. The molecule has 1 atom stereocenters. The maximum atomic E-state index is 12.0. The van der Waals surface area contributed by atoms with Crippen molar-refractivity contribution in [1.82, 2.24) is 9.80 Å². The molecule has 3 rings (SSSR count). The number of amides is 1. The molecule has 1 amide bonds. The van der Waals surface area contributed by atoms with Crippen molar-refractivity contribution in [3.63, 3.8) is 0 Å². The van der Waals surface area contributed by atoms with E-state index >= 15 is 0 Å². The zero-order chi connectivity index (χ0) is 15.5. The number of rotatable bonds is 4. The maximum Gasteiger partial charge on any atom is 0.232 e. The summed E-state index contributed by atoms with van der Waals surface area (Å²) in [6.45, 7) is 3.66. The van der Waals surface area contributed by atoms with Crippen molar-refractivity contribution in [2.24, 2.45) is 0 Å². The molecule has 0 bridgehead atoms. The summed E-state index contributed by atoms with van der Waals surface area (Å²) in [7, 11) is 1.72. The molecule has 5 heteroatoms. The molecule has 0 N–H and O–H groups in total. The number of thioether (sulfide) groups is 1. The van der Waals surface area contributed by atoms with Crippen LogP contribution < -0.4 is 4.74 Å². The van der Waals surface area contributed by atoms with Gasteiger partial charge in [0.2, 0.25) is 5.91 Å². The van der Waals surface area contributed by atoms with Crippen molar-refractivity contribution < 1.29 is 9.53 Å². The minimum absolute atomic E-state index is 0.278. The molecule has 1 saturated heterocycles. The van der Waals surface area contributed by atoms with Crippen LogP contribution in [0, 0.1) is 0 Å². The zero-order valence-corrected chi connectivity index (χ0v) is 14.2. The fourth-order valence-electron chi connectivity index (χ4n) is 3.56. The first-order valence-corrected chi connectivity index (χ1v) is 9.30. The number of hydrogen-bond donors (Lipinski definition) is 0. The van der Waals surface area contributed by atoms with Crippen LogP contribution in [0.4, 0.5) is 0 Å². The molecule has 0 saturated carbocycles. The van der Waals surface area contributed by atoms with E-state index in [1.807, 2.05) is 11.2 Å². The summed E-state index contributed by atoms with van der Waals surface area (Å²) in [5, 5.41) is 0. The predicted molar refractivity (Wildman–Crippen MR) is 90.6 cm³/mol. The molecular formula is C17H24N2O2S. The molecule has 1 aliphatic heterocycles. The van der Waals surface area contributed by atoms with E-state index in [1.54, 1.807) is 18.9 Å². The number of aryl methyl sites for hydroxylation is 1. The second kappa shape index (κ2) is 6.92. The molecule has 2 aliphatic rings. The highest BCUT2D eigenvalue weighted by Gasteiger charge is 2.31. The lowest BCUT2D eigenvalue weighted by molar-refractivity contribution is -0.130. The fraction of sp³-hybridized carbons (Fsp3) is 0.588. The van der Waals surface area contributed by atoms with Crippen LogP contribution in [0.15, 0.2) is 18.2 Å². The Kier molecular flexibility index (Phi) is 4.93. The highest BCUT2D eigenvalue weighted by molar-refractivity contribution is 7.99. The van der Waals surface area contributed by atoms with E-state index in [0.717, 1.165) is 38.3 Å². The molecule has 1 heterocycles. The monoisotopic (exact) mass is 320 g/mol. The van der Waals surface area contributed by atoms with Gasteiger partial charge in [-0.25, -0.2) is 0 Å². The number of piperazine rings is 1. The van der Waals surface area contributed by atoms with Crippen LogP contribution in [0.1, 0.15) is 23.6 Å². The molecule has 120 valence electrons. The minimum Gasteiger partial charge on any atom is -0.497 e. The summed E-state index contributed by atoms with van der Waals surface area (Å²) >= 11 is 1.61. The van der Waals surface area contributed by atoms with Gasteiger partial charge in [0.15, 0.2) is 0 Å². The lowest BCUT2D eigenvalue weighted by Crippen LogP contribution is -2.49. The van der Waals surface area contributed by atoms with Gasteiger partial charge < -0.3 is 9.64 Å². The van der Waals surface area contributed by atoms with Crippen LogP contribution in [-0.2, 0) is 11.2 Å². The molecule has 22 heavy (non-hydrogen) atoms. The predicted octanol–water partition coefficient (Wildman–Crippen LogP) is 2.19. The summed E-state index contributed by atoms with van der Waals surface area (Å²) in [5.74, 6) is 1.82. The van der Waals surface area contributed by atoms with Crippen molar-refractivity contribution in [2.75, 3.05) is 45.3 Å². The van der Waals surface area contributed by atoms with E-state index in [2.05, 4.69) is 23.1 Å². The van der Waals surface area contributed by atoms with Gasteiger partial charge in [0, 0.05) is 32.2 Å². The topological polar surface area (TPSA) is 32.8 Å². The molecule has 4 nitrogen and oxygen atoms in total. The number of ether oxygens (including phenoxy) is 1. The Balaban J connectivity index is 1.65. The largest absolute Gasteiger partial charge is 0.497 e. The van der Waals surface area contributed by atoms with Gasteiger partial charge in [0.1, 0.15) is 5.75 Å². The van der Waals surface area contributed by atoms with Crippen molar-refractivity contribution in [2.45, 2.75) is 18.9 Å². The smallest absolute Gasteiger partial charge is 0.232 e. The normalized spacial score (nSPS) is 21.7. The Morgan fingerprint density at radius 2 is 2.09 bits per heavy atom. The highest BCUT2D eigenvalue weighted by atomic mass is 32.2. The quantitative estimate of drug-likeness (QED) is 0.851. The second-order valence-corrected chi connectivity index (χ2v) is 6.84. The molecule has 1 aromatic rings. The van der Waals surface area contributed by atoms with Crippen LogP contribution in [0.25, 0.3) is 0 Å². The first kappa shape index (κ1) is 15.7. The van der Waals surface area contributed by atoms with Crippen LogP contribution in [0.2, 0.25) is 0 Å². The van der Waals surface area contributed by atoms with Gasteiger partial charge in [-0.2, -0.15) is 11.8 Å². The molecule has 0 spiro atoms. The van der Waals surface area contributed by atoms with E-state index in [1.165, 1.54) is 17.5 Å². The van der Waals surface area contributed by atoms with Gasteiger partial charge >= 0.3 is 0 Å². The average molecular weight is 320 g/mol. The van der Waals surface area contributed by atoms with Crippen molar-refractivity contribution in [3.05, 3.63) is 29.3 Å². The molecule has 1 aromatic carbocycles. The highest BCUT2D eigenvalue weighted by Crippen LogP contribution is 2.38. The minimum atomic E-state index is 0.278. The first-order valence-electron chi connectivity index (χ1n) is 7.90. The van der Waals surface area contributed by atoms with Gasteiger partial charge in [0.25, 0.3) is 0 Å². The average Bonchev–Trinajstić information content (AvgIpc) is 2.98. The Bertz CT molecular complexity index is 541. The van der Waals surface area contributed by atoms with Crippen molar-refractivity contribution in [3.8, 4) is 5.75 Å². The van der Waals surface area contributed by atoms with Gasteiger partial charge in [-0.05, 0) is 42.4 Å². The number of nitrogens with zero attached hydrogens (tertiary/aromatic N) is 2. The molecule has 0 aromatic heterocycles. The van der Waals surface area contributed by atoms with Crippen LogP contribution >= 0.6 is 11.8 Å². The summed E-state index contributed by atoms with van der Waals surface area (Å²) < 4.78 is 5.38. The van der Waals surface area contributed by atoms with Crippen LogP contribution in [0.5, 0.6) is 5.75 Å². The summed E-state index contributed by atoms with van der Waals surface area (Å²) in [4.78, 5) is 16.5. The first-order chi connectivity index (χ1) is 10.7. The Morgan fingerprint density at radius 1 is 1.32 bits per heavy atom. The summed E-state index contributed by atoms with van der Waals surface area (Å²) in [6, 6.07) is 6.94. The Labute approximate surface area is 136 Å². The number of fused-ring (bicyclic) bond motifs is 1. The standard InChI is InChI=1S/C17H24N2O2S/c1-21-14-5-3-13-4-6-16(15(13)11-14)18-7-9-19(10-8-18)17(20)12-22-2/h3,5,11,16H,4,6-10,12H2,1-2H3. The van der Waals surface area contributed by atoms with Gasteiger partial charge in [-0.1, -0.05) is 6.07 Å². The second-order valence-electron chi connectivity index (χ2n) is 5.97. The van der Waals surface area contributed by atoms with E-state index < -0.39 is 0 Å². The lowest BCUT2D eigenvalue weighted by Gasteiger charge is -2.38.